The summed E-state index contributed by atoms with van der Waals surface area (Å²) < 4.78 is 34.6. The van der Waals surface area contributed by atoms with Gasteiger partial charge in [0.25, 0.3) is 5.89 Å². The number of morpholine rings is 1. The first-order chi connectivity index (χ1) is 12.9. The number of anilines is 1. The van der Waals surface area contributed by atoms with E-state index in [0.29, 0.717) is 37.7 Å². The Bertz CT molecular complexity index is 937. The van der Waals surface area contributed by atoms with Gasteiger partial charge in [-0.3, -0.25) is 0 Å². The van der Waals surface area contributed by atoms with E-state index in [-0.39, 0.29) is 23.2 Å². The summed E-state index contributed by atoms with van der Waals surface area (Å²) in [4.78, 5) is 6.61. The minimum atomic E-state index is -3.86. The first-order valence-corrected chi connectivity index (χ1v) is 10.5. The van der Waals surface area contributed by atoms with E-state index in [0.717, 1.165) is 31.4 Å². The summed E-state index contributed by atoms with van der Waals surface area (Å²) >= 11 is 0. The summed E-state index contributed by atoms with van der Waals surface area (Å²) in [5, 5.41) is 9.40. The van der Waals surface area contributed by atoms with Crippen LogP contribution in [0.15, 0.2) is 27.6 Å². The van der Waals surface area contributed by atoms with E-state index in [1.54, 1.807) is 6.07 Å². The molecule has 11 heteroatoms. The van der Waals surface area contributed by atoms with Gasteiger partial charge in [-0.25, -0.2) is 13.6 Å². The molecule has 0 atom stereocenters. The summed E-state index contributed by atoms with van der Waals surface area (Å²) in [5.74, 6) is 0.706. The van der Waals surface area contributed by atoms with Crippen LogP contribution >= 0.6 is 12.4 Å². The van der Waals surface area contributed by atoms with Crippen LogP contribution in [0.5, 0.6) is 0 Å². The van der Waals surface area contributed by atoms with Crippen LogP contribution in [0.3, 0.4) is 0 Å². The fraction of sp³-hybridized carbons (Fsp3) is 0.529. The van der Waals surface area contributed by atoms with Crippen molar-refractivity contribution in [3.63, 3.8) is 0 Å². The van der Waals surface area contributed by atoms with Crippen molar-refractivity contribution in [2.75, 3.05) is 31.2 Å². The average Bonchev–Trinajstić information content (AvgIpc) is 3.31. The van der Waals surface area contributed by atoms with Crippen LogP contribution in [0.2, 0.25) is 0 Å². The molecule has 9 nitrogen and oxygen atoms in total. The molecule has 1 saturated heterocycles. The largest absolute Gasteiger partial charge is 0.378 e. The third-order valence-corrected chi connectivity index (χ3v) is 6.16. The van der Waals surface area contributed by atoms with Crippen LogP contribution < -0.4 is 15.8 Å². The second-order valence-electron chi connectivity index (χ2n) is 7.11. The number of sulfonamides is 1. The van der Waals surface area contributed by atoms with E-state index in [1.807, 2.05) is 0 Å². The third kappa shape index (κ3) is 4.01. The maximum Gasteiger partial charge on any atom is 0.260 e. The number of hydrogen-bond acceptors (Lipinski definition) is 8. The first-order valence-electron chi connectivity index (χ1n) is 9.00. The molecule has 154 valence electrons. The highest BCUT2D eigenvalue weighted by Gasteiger charge is 2.36. The van der Waals surface area contributed by atoms with E-state index >= 15 is 0 Å². The maximum absolute atomic E-state index is 11.8. The molecule has 0 spiro atoms. The lowest BCUT2D eigenvalue weighted by atomic mass is 9.98. The number of nitrogens with two attached hydrogens (primary N) is 2. The highest BCUT2D eigenvalue weighted by atomic mass is 35.5. The van der Waals surface area contributed by atoms with E-state index in [1.165, 1.54) is 12.1 Å². The molecule has 4 N–H and O–H groups in total. The van der Waals surface area contributed by atoms with Crippen molar-refractivity contribution >= 4 is 28.1 Å². The van der Waals surface area contributed by atoms with Crippen molar-refractivity contribution < 1.29 is 17.7 Å². The molecule has 4 rings (SSSR count). The number of halogens is 1. The minimum absolute atomic E-state index is 0. The monoisotopic (exact) mass is 429 g/mol. The van der Waals surface area contributed by atoms with Crippen molar-refractivity contribution in [1.29, 1.82) is 0 Å². The zero-order chi connectivity index (χ0) is 19.1. The van der Waals surface area contributed by atoms with Crippen LogP contribution in [0.4, 0.5) is 5.69 Å². The number of nitrogens with zero attached hydrogens (tertiary/aromatic N) is 3. The molecular formula is C17H24ClN5O4S. The lowest BCUT2D eigenvalue weighted by Gasteiger charge is -2.30. The van der Waals surface area contributed by atoms with Gasteiger partial charge in [0, 0.05) is 18.8 Å². The molecule has 1 aromatic heterocycles. The van der Waals surface area contributed by atoms with Crippen molar-refractivity contribution in [3.8, 4) is 11.5 Å². The van der Waals surface area contributed by atoms with Gasteiger partial charge in [-0.2, -0.15) is 4.98 Å². The summed E-state index contributed by atoms with van der Waals surface area (Å²) in [7, 11) is -3.86. The van der Waals surface area contributed by atoms with Gasteiger partial charge in [-0.05, 0) is 31.0 Å². The highest BCUT2D eigenvalue weighted by Crippen LogP contribution is 2.37. The molecule has 28 heavy (non-hydrogen) atoms. The fourth-order valence-corrected chi connectivity index (χ4v) is 4.25. The van der Waals surface area contributed by atoms with Crippen molar-refractivity contribution in [2.24, 2.45) is 10.9 Å². The Hall–Kier alpha value is -1.72. The second-order valence-corrected chi connectivity index (χ2v) is 8.67. The molecule has 1 saturated carbocycles. The lowest BCUT2D eigenvalue weighted by molar-refractivity contribution is 0.122. The SMILES string of the molecule is Cl.NC1(c2noc(-c3cc(S(N)(=O)=O)ccc3N3CCOCC3)n2)CCCC1. The predicted molar refractivity (Wildman–Crippen MR) is 106 cm³/mol. The van der Waals surface area contributed by atoms with Crippen LogP contribution in [0.25, 0.3) is 11.5 Å². The molecule has 1 aromatic carbocycles. The van der Waals surface area contributed by atoms with Gasteiger partial charge < -0.3 is 19.9 Å². The topological polar surface area (TPSA) is 138 Å². The summed E-state index contributed by atoms with van der Waals surface area (Å²) in [6.45, 7) is 2.56. The van der Waals surface area contributed by atoms with E-state index in [4.69, 9.17) is 20.1 Å². The standard InChI is InChI=1S/C17H23N5O4S.ClH/c18-17(5-1-2-6-17)16-20-15(26-21-16)13-11-12(27(19,23)24)3-4-14(13)22-7-9-25-10-8-22;/h3-4,11H,1-2,5-10,18H2,(H2,19,23,24);1H. The van der Waals surface area contributed by atoms with Gasteiger partial charge in [0.2, 0.25) is 10.0 Å². The van der Waals surface area contributed by atoms with E-state index in [9.17, 15) is 8.42 Å². The summed E-state index contributed by atoms with van der Waals surface area (Å²) in [6, 6.07) is 4.69. The molecule has 1 aliphatic carbocycles. The molecule has 2 fully saturated rings. The number of ether oxygens (including phenoxy) is 1. The Morgan fingerprint density at radius 3 is 2.46 bits per heavy atom. The summed E-state index contributed by atoms with van der Waals surface area (Å²) in [5.41, 5.74) is 7.17. The number of benzene rings is 1. The zero-order valence-electron chi connectivity index (χ0n) is 15.3. The molecule has 1 aliphatic heterocycles. The smallest absolute Gasteiger partial charge is 0.260 e. The minimum Gasteiger partial charge on any atom is -0.378 e. The van der Waals surface area contributed by atoms with Gasteiger partial charge >= 0.3 is 0 Å². The molecule has 0 radical (unpaired) electrons. The summed E-state index contributed by atoms with van der Waals surface area (Å²) in [6.07, 6.45) is 3.67. The van der Waals surface area contributed by atoms with Crippen LogP contribution in [0.1, 0.15) is 31.5 Å². The number of aromatic nitrogens is 2. The highest BCUT2D eigenvalue weighted by molar-refractivity contribution is 7.89. The maximum atomic E-state index is 11.8. The first kappa shape index (κ1) is 21.0. The van der Waals surface area contributed by atoms with Crippen molar-refractivity contribution in [3.05, 3.63) is 24.0 Å². The van der Waals surface area contributed by atoms with Crippen molar-refractivity contribution in [1.82, 2.24) is 10.1 Å². The quantitative estimate of drug-likeness (QED) is 0.743. The fourth-order valence-electron chi connectivity index (χ4n) is 3.71. The molecular weight excluding hydrogens is 406 g/mol. The Morgan fingerprint density at radius 1 is 1.14 bits per heavy atom. The molecule has 0 unspecified atom stereocenters. The Kier molecular flexibility index (Phi) is 5.97. The number of primary sulfonamides is 1. The molecule has 2 aromatic rings. The van der Waals surface area contributed by atoms with Crippen LogP contribution in [0, 0.1) is 0 Å². The number of hydrogen-bond donors (Lipinski definition) is 2. The van der Waals surface area contributed by atoms with Gasteiger partial charge in [-0.15, -0.1) is 12.4 Å². The third-order valence-electron chi connectivity index (χ3n) is 5.25. The Labute approximate surface area is 169 Å². The normalized spacial score (nSPS) is 19.4. The van der Waals surface area contributed by atoms with Gasteiger partial charge in [0.1, 0.15) is 0 Å². The molecule has 0 amide bonds. The van der Waals surface area contributed by atoms with Crippen LogP contribution in [-0.4, -0.2) is 44.9 Å². The van der Waals surface area contributed by atoms with Crippen LogP contribution in [-0.2, 0) is 20.3 Å². The Morgan fingerprint density at radius 2 is 1.82 bits per heavy atom. The zero-order valence-corrected chi connectivity index (χ0v) is 17.0. The molecule has 0 bridgehead atoms. The predicted octanol–water partition coefficient (Wildman–Crippen LogP) is 1.37. The van der Waals surface area contributed by atoms with E-state index < -0.39 is 15.6 Å². The number of rotatable bonds is 4. The lowest BCUT2D eigenvalue weighted by Crippen LogP contribution is -2.36. The van der Waals surface area contributed by atoms with Gasteiger partial charge in [0.05, 0.1) is 29.2 Å². The Balaban J connectivity index is 0.00000225. The molecule has 2 heterocycles. The van der Waals surface area contributed by atoms with Crippen molar-refractivity contribution in [2.45, 2.75) is 36.1 Å². The average molecular weight is 430 g/mol. The van der Waals surface area contributed by atoms with Gasteiger partial charge in [0.15, 0.2) is 5.82 Å². The second kappa shape index (κ2) is 7.96. The van der Waals surface area contributed by atoms with E-state index in [2.05, 4.69) is 15.0 Å². The van der Waals surface area contributed by atoms with Gasteiger partial charge in [-0.1, -0.05) is 18.0 Å². The molecule has 2 aliphatic rings.